The lowest BCUT2D eigenvalue weighted by Crippen LogP contribution is -2.23. The lowest BCUT2D eigenvalue weighted by molar-refractivity contribution is -0.116. The van der Waals surface area contributed by atoms with E-state index in [9.17, 15) is 9.90 Å². The molecule has 0 radical (unpaired) electrons. The second kappa shape index (κ2) is 5.00. The Kier molecular flexibility index (Phi) is 3.62. The van der Waals surface area contributed by atoms with Crippen LogP contribution in [0.15, 0.2) is 12.1 Å². The van der Waals surface area contributed by atoms with Gasteiger partial charge in [0.25, 0.3) is 0 Å². The van der Waals surface area contributed by atoms with Crippen LogP contribution in [-0.2, 0) is 4.79 Å². The molecule has 0 fully saturated rings. The number of benzene rings is 1. The average molecular weight is 251 g/mol. The predicted molar refractivity (Wildman–Crippen MR) is 71.8 cm³/mol. The third kappa shape index (κ3) is 2.57. The molecule has 0 saturated carbocycles. The van der Waals surface area contributed by atoms with Gasteiger partial charge in [-0.05, 0) is 42.4 Å². The lowest BCUT2D eigenvalue weighted by Gasteiger charge is -2.26. The number of phenols is 1. The molecular formula is C13H17NO2S. The summed E-state index contributed by atoms with van der Waals surface area (Å²) in [4.78, 5) is 11.6. The molecule has 1 aromatic rings. The molecule has 0 aromatic heterocycles. The van der Waals surface area contributed by atoms with Crippen molar-refractivity contribution in [3.8, 4) is 5.75 Å². The summed E-state index contributed by atoms with van der Waals surface area (Å²) in [6, 6.07) is 3.66. The first-order chi connectivity index (χ1) is 8.11. The van der Waals surface area contributed by atoms with E-state index in [0.717, 1.165) is 29.0 Å². The van der Waals surface area contributed by atoms with Crippen LogP contribution in [0.1, 0.15) is 29.9 Å². The summed E-state index contributed by atoms with van der Waals surface area (Å²) in [5.41, 5.74) is 2.80. The minimum absolute atomic E-state index is 0.0480. The molecule has 0 aliphatic carbocycles. The average Bonchev–Trinajstić information content (AvgIpc) is 2.28. The zero-order valence-electron chi connectivity index (χ0n) is 10.1. The number of nitrogens with one attached hydrogen (secondary N) is 1. The van der Waals surface area contributed by atoms with Crippen LogP contribution in [0.3, 0.4) is 0 Å². The molecule has 1 aliphatic rings. The van der Waals surface area contributed by atoms with E-state index < -0.39 is 0 Å². The molecule has 0 saturated heterocycles. The number of carbonyl (C=O) groups is 1. The number of rotatable bonds is 3. The number of aryl methyl sites for hydroxylation is 1. The molecule has 1 heterocycles. The first-order valence-electron chi connectivity index (χ1n) is 5.74. The molecular weight excluding hydrogens is 234 g/mol. The summed E-state index contributed by atoms with van der Waals surface area (Å²) in [5.74, 6) is 1.63. The van der Waals surface area contributed by atoms with E-state index >= 15 is 0 Å². The fourth-order valence-electron chi connectivity index (χ4n) is 2.22. The number of thioether (sulfide) groups is 1. The van der Waals surface area contributed by atoms with Crippen molar-refractivity contribution in [1.29, 1.82) is 0 Å². The minimum Gasteiger partial charge on any atom is -0.508 e. The monoisotopic (exact) mass is 251 g/mol. The van der Waals surface area contributed by atoms with Crippen LogP contribution in [0, 0.1) is 6.92 Å². The van der Waals surface area contributed by atoms with Crippen LogP contribution in [0.5, 0.6) is 5.75 Å². The van der Waals surface area contributed by atoms with Crippen molar-refractivity contribution in [3.63, 3.8) is 0 Å². The van der Waals surface area contributed by atoms with Crippen LogP contribution in [0.2, 0.25) is 0 Å². The Morgan fingerprint density at radius 3 is 3.00 bits per heavy atom. The molecule has 1 atom stereocenters. The molecule has 1 amide bonds. The summed E-state index contributed by atoms with van der Waals surface area (Å²) in [7, 11) is 0. The van der Waals surface area contributed by atoms with Gasteiger partial charge in [-0.15, -0.1) is 0 Å². The van der Waals surface area contributed by atoms with Gasteiger partial charge in [0.2, 0.25) is 5.91 Å². The highest BCUT2D eigenvalue weighted by atomic mass is 32.2. The molecule has 1 aromatic carbocycles. The molecule has 1 unspecified atom stereocenters. The maximum atomic E-state index is 11.6. The van der Waals surface area contributed by atoms with Crippen LogP contribution in [0.25, 0.3) is 0 Å². The van der Waals surface area contributed by atoms with Crippen LogP contribution >= 0.6 is 11.8 Å². The highest BCUT2D eigenvalue weighted by Gasteiger charge is 2.25. The third-order valence-corrected chi connectivity index (χ3v) is 3.83. The maximum Gasteiger partial charge on any atom is 0.224 e. The number of hydrogen-bond acceptors (Lipinski definition) is 3. The molecule has 1 aliphatic heterocycles. The minimum atomic E-state index is 0.0480. The van der Waals surface area contributed by atoms with E-state index in [0.29, 0.717) is 6.42 Å². The van der Waals surface area contributed by atoms with Gasteiger partial charge >= 0.3 is 0 Å². The Labute approximate surface area is 106 Å². The fraction of sp³-hybridized carbons (Fsp3) is 0.462. The topological polar surface area (TPSA) is 49.3 Å². The summed E-state index contributed by atoms with van der Waals surface area (Å²) in [5, 5.41) is 12.5. The van der Waals surface area contributed by atoms with Crippen LogP contribution in [0.4, 0.5) is 5.69 Å². The number of fused-ring (bicyclic) bond motifs is 1. The van der Waals surface area contributed by atoms with Crippen molar-refractivity contribution in [2.75, 3.05) is 17.3 Å². The normalized spacial score (nSPS) is 18.7. The third-order valence-electron chi connectivity index (χ3n) is 3.18. The fourth-order valence-corrected chi connectivity index (χ4v) is 2.74. The van der Waals surface area contributed by atoms with Crippen molar-refractivity contribution in [3.05, 3.63) is 23.3 Å². The highest BCUT2D eigenvalue weighted by molar-refractivity contribution is 7.98. The van der Waals surface area contributed by atoms with Gasteiger partial charge in [-0.3, -0.25) is 4.79 Å². The van der Waals surface area contributed by atoms with E-state index in [4.69, 9.17) is 0 Å². The van der Waals surface area contributed by atoms with Gasteiger partial charge in [0, 0.05) is 18.2 Å². The Hall–Kier alpha value is -1.16. The van der Waals surface area contributed by atoms with Gasteiger partial charge < -0.3 is 10.4 Å². The summed E-state index contributed by atoms with van der Waals surface area (Å²) < 4.78 is 0. The number of anilines is 1. The Bertz CT molecular complexity index is 445. The number of aromatic hydroxyl groups is 1. The molecule has 17 heavy (non-hydrogen) atoms. The van der Waals surface area contributed by atoms with E-state index in [1.165, 1.54) is 0 Å². The Balaban J connectivity index is 2.34. The Morgan fingerprint density at radius 2 is 2.29 bits per heavy atom. The van der Waals surface area contributed by atoms with E-state index in [1.807, 2.05) is 13.0 Å². The molecule has 3 nitrogen and oxygen atoms in total. The van der Waals surface area contributed by atoms with Gasteiger partial charge in [0.1, 0.15) is 5.75 Å². The van der Waals surface area contributed by atoms with Crippen molar-refractivity contribution in [2.45, 2.75) is 25.7 Å². The second-order valence-corrected chi connectivity index (χ2v) is 5.44. The first kappa shape index (κ1) is 12.3. The maximum absolute atomic E-state index is 11.6. The second-order valence-electron chi connectivity index (χ2n) is 4.46. The molecule has 0 spiro atoms. The standard InChI is InChI=1S/C13H17NO2S/c1-8-5-10-9(3-4-17-2)6-13(16)14-11(10)7-12(8)15/h5,7,9,15H,3-4,6H2,1-2H3,(H,14,16). The Morgan fingerprint density at radius 1 is 1.53 bits per heavy atom. The largest absolute Gasteiger partial charge is 0.508 e. The zero-order valence-corrected chi connectivity index (χ0v) is 10.9. The first-order valence-corrected chi connectivity index (χ1v) is 7.13. The van der Waals surface area contributed by atoms with Gasteiger partial charge in [0.15, 0.2) is 0 Å². The number of phenolic OH excluding ortho intramolecular Hbond substituents is 1. The van der Waals surface area contributed by atoms with Crippen molar-refractivity contribution in [1.82, 2.24) is 0 Å². The van der Waals surface area contributed by atoms with E-state index in [1.54, 1.807) is 17.8 Å². The molecule has 92 valence electrons. The SMILES string of the molecule is CSCCC1CC(=O)Nc2cc(O)c(C)cc21. The summed E-state index contributed by atoms with van der Waals surface area (Å²) in [6.45, 7) is 1.89. The smallest absolute Gasteiger partial charge is 0.224 e. The van der Waals surface area contributed by atoms with E-state index in [2.05, 4.69) is 11.6 Å². The van der Waals surface area contributed by atoms with Gasteiger partial charge in [0.05, 0.1) is 0 Å². The molecule has 4 heteroatoms. The van der Waals surface area contributed by atoms with Gasteiger partial charge in [-0.2, -0.15) is 11.8 Å². The lowest BCUT2D eigenvalue weighted by atomic mass is 9.87. The highest BCUT2D eigenvalue weighted by Crippen LogP contribution is 2.38. The summed E-state index contributed by atoms with van der Waals surface area (Å²) >= 11 is 1.80. The predicted octanol–water partition coefficient (Wildman–Crippen LogP) is 2.88. The van der Waals surface area contributed by atoms with Gasteiger partial charge in [-0.25, -0.2) is 0 Å². The molecule has 0 bridgehead atoms. The number of carbonyl (C=O) groups excluding carboxylic acids is 1. The summed E-state index contributed by atoms with van der Waals surface area (Å²) in [6.07, 6.45) is 3.63. The zero-order chi connectivity index (χ0) is 12.4. The van der Waals surface area contributed by atoms with Crippen molar-refractivity contribution in [2.24, 2.45) is 0 Å². The van der Waals surface area contributed by atoms with Gasteiger partial charge in [-0.1, -0.05) is 6.07 Å². The van der Waals surface area contributed by atoms with Crippen LogP contribution in [-0.4, -0.2) is 23.0 Å². The van der Waals surface area contributed by atoms with Crippen LogP contribution < -0.4 is 5.32 Å². The quantitative estimate of drug-likeness (QED) is 0.868. The van der Waals surface area contributed by atoms with E-state index in [-0.39, 0.29) is 17.6 Å². The molecule has 2 rings (SSSR count). The molecule has 2 N–H and O–H groups in total. The number of amides is 1. The number of hydrogen-bond donors (Lipinski definition) is 2. The van der Waals surface area contributed by atoms with Crippen molar-refractivity contribution < 1.29 is 9.90 Å². The van der Waals surface area contributed by atoms with Crippen molar-refractivity contribution >= 4 is 23.4 Å².